The molecule has 0 bridgehead atoms. The molecule has 4 aliphatic heterocycles. The van der Waals surface area contributed by atoms with Crippen LogP contribution in [0.2, 0.25) is 0 Å². The summed E-state index contributed by atoms with van der Waals surface area (Å²) in [7, 11) is 3.15. The van der Waals surface area contributed by atoms with Gasteiger partial charge in [0, 0.05) is 13.1 Å². The van der Waals surface area contributed by atoms with Gasteiger partial charge in [0.2, 0.25) is 0 Å². The van der Waals surface area contributed by atoms with Gasteiger partial charge in [-0.2, -0.15) is 0 Å². The molecule has 2 amide bonds. The van der Waals surface area contributed by atoms with Crippen LogP contribution in [-0.4, -0.2) is 92.7 Å². The molecule has 2 aromatic heterocycles. The molecule has 0 saturated carbocycles. The normalized spacial score (nSPS) is 18.2. The lowest BCUT2D eigenvalue weighted by Crippen LogP contribution is -2.30. The zero-order valence-electron chi connectivity index (χ0n) is 29.2. The standard InChI is InChI=1S/C19H21N3O4.C18H19N3O4/c1-11(2)26-19(24)16-17-15-5-4-8-21(15)18(23)13-9-12(25-3)6-7-14(13)22(17)10-20-16;1-3-25-18(23)15-16-14-5-4-8-20(14)17(22)12-9-11(24-2)6-7-13(12)21(16)10-19-15/h6-7,9-11,15H,4-5,8H2,1-3H3;6-7,9-10,14H,3-5,8H2,1-2H3/t15-;14-/m00/s1. The predicted molar refractivity (Wildman–Crippen MR) is 183 cm³/mol. The molecule has 0 radical (unpaired) electrons. The van der Waals surface area contributed by atoms with Crippen LogP contribution in [0.4, 0.5) is 0 Å². The van der Waals surface area contributed by atoms with Crippen molar-refractivity contribution >= 4 is 23.8 Å². The average Bonchev–Trinajstić information content (AvgIpc) is 3.94. The highest BCUT2D eigenvalue weighted by atomic mass is 16.5. The van der Waals surface area contributed by atoms with E-state index in [1.54, 1.807) is 71.9 Å². The summed E-state index contributed by atoms with van der Waals surface area (Å²) in [4.78, 5) is 63.4. The minimum atomic E-state index is -0.454. The van der Waals surface area contributed by atoms with Crippen molar-refractivity contribution in [3.63, 3.8) is 0 Å². The number of methoxy groups -OCH3 is 2. The molecular formula is C37H40N6O8. The molecule has 2 saturated heterocycles. The molecule has 266 valence electrons. The van der Waals surface area contributed by atoms with Crippen LogP contribution in [0.1, 0.15) is 112 Å². The zero-order chi connectivity index (χ0) is 36.0. The summed E-state index contributed by atoms with van der Waals surface area (Å²) in [6.45, 7) is 6.97. The van der Waals surface area contributed by atoms with Crippen LogP contribution < -0.4 is 9.47 Å². The van der Waals surface area contributed by atoms with Crippen molar-refractivity contribution in [3.05, 3.63) is 83.0 Å². The molecule has 8 rings (SSSR count). The Labute approximate surface area is 294 Å². The van der Waals surface area contributed by atoms with Gasteiger partial charge in [0.05, 0.1) is 72.9 Å². The Balaban J connectivity index is 0.000000159. The van der Waals surface area contributed by atoms with Gasteiger partial charge < -0.3 is 28.7 Å². The van der Waals surface area contributed by atoms with Crippen molar-refractivity contribution in [1.29, 1.82) is 0 Å². The van der Waals surface area contributed by atoms with Crippen molar-refractivity contribution in [2.75, 3.05) is 33.9 Å². The van der Waals surface area contributed by atoms with E-state index in [9.17, 15) is 19.2 Å². The lowest BCUT2D eigenvalue weighted by molar-refractivity contribution is 0.0365. The molecule has 51 heavy (non-hydrogen) atoms. The van der Waals surface area contributed by atoms with E-state index in [4.69, 9.17) is 18.9 Å². The highest BCUT2D eigenvalue weighted by Gasteiger charge is 2.42. The molecule has 14 nitrogen and oxygen atoms in total. The zero-order valence-corrected chi connectivity index (χ0v) is 29.2. The summed E-state index contributed by atoms with van der Waals surface area (Å²) in [5.41, 5.74) is 4.55. The maximum atomic E-state index is 13.1. The van der Waals surface area contributed by atoms with Crippen molar-refractivity contribution in [2.45, 2.75) is 64.6 Å². The summed E-state index contributed by atoms with van der Waals surface area (Å²) in [5, 5.41) is 0. The van der Waals surface area contributed by atoms with E-state index in [0.29, 0.717) is 47.1 Å². The molecule has 14 heteroatoms. The van der Waals surface area contributed by atoms with Crippen molar-refractivity contribution < 1.29 is 38.1 Å². The summed E-state index contributed by atoms with van der Waals surface area (Å²) in [5.74, 6) is 0.244. The second-order valence-electron chi connectivity index (χ2n) is 13.0. The average molecular weight is 697 g/mol. The van der Waals surface area contributed by atoms with E-state index < -0.39 is 11.9 Å². The number of hydrogen-bond acceptors (Lipinski definition) is 10. The second-order valence-corrected chi connectivity index (χ2v) is 13.0. The SMILES string of the molecule is CCOC(=O)c1ncn2c1[C@@H]1CCCN1C(=O)c1cc(OC)ccc1-2.COc1ccc2c(c1)C(=O)N1CCC[C@H]1c1c(C(=O)OC(C)C)ncn1-2. The fourth-order valence-electron chi connectivity index (χ4n) is 7.46. The Hall–Kier alpha value is -5.66. The monoisotopic (exact) mass is 696 g/mol. The number of imidazole rings is 2. The number of fused-ring (bicyclic) bond motifs is 10. The van der Waals surface area contributed by atoms with Gasteiger partial charge >= 0.3 is 11.9 Å². The van der Waals surface area contributed by atoms with Gasteiger partial charge in [-0.1, -0.05) is 0 Å². The molecule has 0 aliphatic carbocycles. The van der Waals surface area contributed by atoms with E-state index >= 15 is 0 Å². The molecule has 6 heterocycles. The molecule has 0 spiro atoms. The van der Waals surface area contributed by atoms with Gasteiger partial charge in [0.15, 0.2) is 11.4 Å². The van der Waals surface area contributed by atoms with E-state index in [0.717, 1.165) is 37.1 Å². The first-order valence-electron chi connectivity index (χ1n) is 17.2. The number of carbonyl (C=O) groups is 4. The van der Waals surface area contributed by atoms with Crippen LogP contribution >= 0.6 is 0 Å². The summed E-state index contributed by atoms with van der Waals surface area (Å²) in [6, 6.07) is 10.4. The topological polar surface area (TPSA) is 147 Å². The number of amides is 2. The maximum Gasteiger partial charge on any atom is 0.359 e. The van der Waals surface area contributed by atoms with Gasteiger partial charge in [0.1, 0.15) is 24.2 Å². The van der Waals surface area contributed by atoms with Crippen LogP contribution in [0.15, 0.2) is 49.1 Å². The summed E-state index contributed by atoms with van der Waals surface area (Å²) < 4.78 is 24.8. The predicted octanol–water partition coefficient (Wildman–Crippen LogP) is 5.09. The third-order valence-corrected chi connectivity index (χ3v) is 9.66. The Morgan fingerprint density at radius 3 is 1.67 bits per heavy atom. The summed E-state index contributed by atoms with van der Waals surface area (Å²) >= 11 is 0. The maximum absolute atomic E-state index is 13.1. The Bertz CT molecular complexity index is 2030. The molecule has 0 unspecified atom stereocenters. The highest BCUT2D eigenvalue weighted by molar-refractivity contribution is 6.01. The molecule has 4 aliphatic rings. The quantitative estimate of drug-likeness (QED) is 0.250. The van der Waals surface area contributed by atoms with E-state index in [2.05, 4.69) is 9.97 Å². The molecular weight excluding hydrogens is 656 g/mol. The highest BCUT2D eigenvalue weighted by Crippen LogP contribution is 2.42. The van der Waals surface area contributed by atoms with Crippen LogP contribution in [0.25, 0.3) is 11.4 Å². The number of hydrogen-bond donors (Lipinski definition) is 0. The van der Waals surface area contributed by atoms with E-state index in [1.165, 1.54) is 0 Å². The molecule has 2 atom stereocenters. The Morgan fingerprint density at radius 1 is 0.765 bits per heavy atom. The smallest absolute Gasteiger partial charge is 0.359 e. The van der Waals surface area contributed by atoms with E-state index in [1.807, 2.05) is 31.1 Å². The fraction of sp³-hybridized carbons (Fsp3) is 0.405. The number of esters is 2. The third-order valence-electron chi connectivity index (χ3n) is 9.66. The van der Waals surface area contributed by atoms with Crippen LogP contribution in [-0.2, 0) is 9.47 Å². The molecule has 4 aromatic rings. The number of nitrogens with zero attached hydrogens (tertiary/aromatic N) is 6. The number of ether oxygens (including phenoxy) is 4. The Morgan fingerprint density at radius 2 is 1.24 bits per heavy atom. The molecule has 0 N–H and O–H groups in total. The fourth-order valence-corrected chi connectivity index (χ4v) is 7.46. The van der Waals surface area contributed by atoms with Crippen LogP contribution in [0.5, 0.6) is 11.5 Å². The van der Waals surface area contributed by atoms with E-state index in [-0.39, 0.29) is 48.0 Å². The van der Waals surface area contributed by atoms with Crippen LogP contribution in [0.3, 0.4) is 0 Å². The first-order valence-corrected chi connectivity index (χ1v) is 17.2. The lowest BCUT2D eigenvalue weighted by atomic mass is 10.1. The molecule has 2 aromatic carbocycles. The lowest BCUT2D eigenvalue weighted by Gasteiger charge is -2.23. The van der Waals surface area contributed by atoms with Gasteiger partial charge in [0.25, 0.3) is 11.8 Å². The van der Waals surface area contributed by atoms with Gasteiger partial charge in [-0.3, -0.25) is 18.7 Å². The second kappa shape index (κ2) is 13.6. The first kappa shape index (κ1) is 33.8. The Kier molecular flexibility index (Phi) is 9.00. The minimum absolute atomic E-state index is 0.0464. The minimum Gasteiger partial charge on any atom is -0.497 e. The van der Waals surface area contributed by atoms with Gasteiger partial charge in [-0.15, -0.1) is 0 Å². The number of carbonyl (C=O) groups excluding carboxylic acids is 4. The third kappa shape index (κ3) is 5.77. The van der Waals surface area contributed by atoms with Crippen molar-refractivity contribution in [3.8, 4) is 22.9 Å². The number of aromatic nitrogens is 4. The van der Waals surface area contributed by atoms with Gasteiger partial charge in [-0.05, 0) is 82.9 Å². The van der Waals surface area contributed by atoms with Crippen molar-refractivity contribution in [1.82, 2.24) is 28.9 Å². The largest absolute Gasteiger partial charge is 0.497 e. The number of benzene rings is 2. The first-order chi connectivity index (χ1) is 24.7. The molecule has 2 fully saturated rings. The summed E-state index contributed by atoms with van der Waals surface area (Å²) in [6.07, 6.45) is 6.35. The van der Waals surface area contributed by atoms with Crippen LogP contribution in [0, 0.1) is 0 Å². The number of rotatable bonds is 6. The van der Waals surface area contributed by atoms with Crippen molar-refractivity contribution in [2.24, 2.45) is 0 Å². The van der Waals surface area contributed by atoms with Gasteiger partial charge in [-0.25, -0.2) is 19.6 Å².